The molecule has 4 heteroatoms. The van der Waals surface area contributed by atoms with Crippen LogP contribution < -0.4 is 5.32 Å². The first-order valence-corrected chi connectivity index (χ1v) is 6.19. The van der Waals surface area contributed by atoms with E-state index in [1.165, 1.54) is 24.2 Å². The number of nitrogens with zero attached hydrogens (tertiary/aromatic N) is 1. The molecular formula is C11H18N2OS. The van der Waals surface area contributed by atoms with Gasteiger partial charge in [-0.25, -0.2) is 4.98 Å². The maximum atomic E-state index is 11.2. The highest BCUT2D eigenvalue weighted by Gasteiger charge is 2.10. The van der Waals surface area contributed by atoms with Crippen molar-refractivity contribution in [2.45, 2.75) is 40.0 Å². The zero-order valence-corrected chi connectivity index (χ0v) is 10.4. The predicted octanol–water partition coefficient (Wildman–Crippen LogP) is 3.26. The van der Waals surface area contributed by atoms with Crippen molar-refractivity contribution in [3.05, 3.63) is 10.6 Å². The van der Waals surface area contributed by atoms with Crippen LogP contribution in [-0.2, 0) is 0 Å². The second-order valence-corrected chi connectivity index (χ2v) is 4.62. The average molecular weight is 226 g/mol. The summed E-state index contributed by atoms with van der Waals surface area (Å²) in [6.07, 6.45) is 3.61. The Morgan fingerprint density at radius 1 is 1.47 bits per heavy atom. The third-order valence-electron chi connectivity index (χ3n) is 2.17. The molecule has 0 aliphatic rings. The smallest absolute Gasteiger partial charge is 0.183 e. The Morgan fingerprint density at radius 2 is 2.20 bits per heavy atom. The lowest BCUT2D eigenvalue weighted by Gasteiger charge is -1.99. The van der Waals surface area contributed by atoms with Crippen LogP contribution in [0.4, 0.5) is 5.13 Å². The Hall–Kier alpha value is -0.900. The molecule has 0 atom stereocenters. The van der Waals surface area contributed by atoms with Gasteiger partial charge in [0.1, 0.15) is 0 Å². The summed E-state index contributed by atoms with van der Waals surface area (Å²) in [5.41, 5.74) is 0.838. The summed E-state index contributed by atoms with van der Waals surface area (Å²) in [4.78, 5) is 16.3. The first-order valence-electron chi connectivity index (χ1n) is 5.37. The fourth-order valence-electron chi connectivity index (χ4n) is 1.37. The molecule has 0 amide bonds. The van der Waals surface area contributed by atoms with Gasteiger partial charge in [0.25, 0.3) is 0 Å². The molecule has 15 heavy (non-hydrogen) atoms. The van der Waals surface area contributed by atoms with E-state index in [4.69, 9.17) is 0 Å². The standard InChI is InChI=1S/C11H18N2OS/c1-4-5-6-7-12-11-13-8(2)10(15-11)9(3)14/h4-7H2,1-3H3,(H,12,13). The topological polar surface area (TPSA) is 42.0 Å². The van der Waals surface area contributed by atoms with E-state index in [1.54, 1.807) is 6.92 Å². The number of hydrogen-bond acceptors (Lipinski definition) is 4. The number of nitrogens with one attached hydrogen (secondary N) is 1. The lowest BCUT2D eigenvalue weighted by molar-refractivity contribution is 0.102. The van der Waals surface area contributed by atoms with E-state index in [2.05, 4.69) is 17.2 Å². The molecule has 0 spiro atoms. The van der Waals surface area contributed by atoms with Crippen LogP contribution in [0.2, 0.25) is 0 Å². The first kappa shape index (κ1) is 12.2. The van der Waals surface area contributed by atoms with Crippen molar-refractivity contribution in [2.75, 3.05) is 11.9 Å². The van der Waals surface area contributed by atoms with Crippen molar-refractivity contribution in [2.24, 2.45) is 0 Å². The second-order valence-electron chi connectivity index (χ2n) is 3.62. The van der Waals surface area contributed by atoms with Gasteiger partial charge in [-0.2, -0.15) is 0 Å². The molecular weight excluding hydrogens is 208 g/mol. The second kappa shape index (κ2) is 5.85. The average Bonchev–Trinajstić information content (AvgIpc) is 2.55. The number of hydrogen-bond donors (Lipinski definition) is 1. The summed E-state index contributed by atoms with van der Waals surface area (Å²) in [7, 11) is 0. The van der Waals surface area contributed by atoms with Crippen LogP contribution in [0, 0.1) is 6.92 Å². The van der Waals surface area contributed by atoms with Crippen LogP contribution >= 0.6 is 11.3 Å². The number of carbonyl (C=O) groups is 1. The number of ketones is 1. The molecule has 84 valence electrons. The number of Topliss-reactive ketones (excluding diaryl/α,β-unsaturated/α-hetero) is 1. The normalized spacial score (nSPS) is 10.3. The zero-order chi connectivity index (χ0) is 11.3. The van der Waals surface area contributed by atoms with Gasteiger partial charge in [0.05, 0.1) is 10.6 Å². The minimum Gasteiger partial charge on any atom is -0.361 e. The Morgan fingerprint density at radius 3 is 2.73 bits per heavy atom. The Kier molecular flexibility index (Phi) is 4.75. The summed E-state index contributed by atoms with van der Waals surface area (Å²) in [5.74, 6) is 0.103. The van der Waals surface area contributed by atoms with E-state index in [0.29, 0.717) is 0 Å². The van der Waals surface area contributed by atoms with Crippen molar-refractivity contribution in [1.29, 1.82) is 0 Å². The summed E-state index contributed by atoms with van der Waals surface area (Å²) < 4.78 is 0. The summed E-state index contributed by atoms with van der Waals surface area (Å²) in [6.45, 7) is 6.59. The van der Waals surface area contributed by atoms with Crippen LogP contribution in [0.3, 0.4) is 0 Å². The molecule has 0 unspecified atom stereocenters. The number of unbranched alkanes of at least 4 members (excludes halogenated alkanes) is 2. The van der Waals surface area contributed by atoms with Gasteiger partial charge in [-0.05, 0) is 13.3 Å². The summed E-state index contributed by atoms with van der Waals surface area (Å²) in [6, 6.07) is 0. The number of aryl methyl sites for hydroxylation is 1. The number of rotatable bonds is 6. The molecule has 0 aliphatic carbocycles. The highest BCUT2D eigenvalue weighted by atomic mass is 32.1. The number of aromatic nitrogens is 1. The summed E-state index contributed by atoms with van der Waals surface area (Å²) in [5, 5.41) is 4.12. The van der Waals surface area contributed by atoms with Crippen LogP contribution in [0.5, 0.6) is 0 Å². The molecule has 0 aromatic carbocycles. The van der Waals surface area contributed by atoms with E-state index >= 15 is 0 Å². The lowest BCUT2D eigenvalue weighted by Crippen LogP contribution is -2.00. The third-order valence-corrected chi connectivity index (χ3v) is 3.39. The minimum absolute atomic E-state index is 0.103. The van der Waals surface area contributed by atoms with E-state index in [9.17, 15) is 4.79 Å². The molecule has 1 rings (SSSR count). The molecule has 0 bridgehead atoms. The largest absolute Gasteiger partial charge is 0.361 e. The zero-order valence-electron chi connectivity index (χ0n) is 9.59. The highest BCUT2D eigenvalue weighted by Crippen LogP contribution is 2.22. The molecule has 1 N–H and O–H groups in total. The molecule has 1 aromatic heterocycles. The van der Waals surface area contributed by atoms with Gasteiger partial charge >= 0.3 is 0 Å². The molecule has 0 radical (unpaired) electrons. The van der Waals surface area contributed by atoms with Crippen molar-refractivity contribution in [1.82, 2.24) is 4.98 Å². The molecule has 1 heterocycles. The van der Waals surface area contributed by atoms with Gasteiger partial charge < -0.3 is 5.32 Å². The van der Waals surface area contributed by atoms with Crippen LogP contribution in [0.15, 0.2) is 0 Å². The van der Waals surface area contributed by atoms with Crippen molar-refractivity contribution in [3.8, 4) is 0 Å². The Labute approximate surface area is 94.9 Å². The van der Waals surface area contributed by atoms with Gasteiger partial charge in [-0.3, -0.25) is 4.79 Å². The maximum absolute atomic E-state index is 11.2. The minimum atomic E-state index is 0.103. The first-order chi connectivity index (χ1) is 7.15. The van der Waals surface area contributed by atoms with Crippen LogP contribution in [-0.4, -0.2) is 17.3 Å². The van der Waals surface area contributed by atoms with Crippen molar-refractivity contribution < 1.29 is 4.79 Å². The van der Waals surface area contributed by atoms with Gasteiger partial charge in [0, 0.05) is 13.5 Å². The monoisotopic (exact) mass is 226 g/mol. The number of carbonyl (C=O) groups excluding carboxylic acids is 1. The van der Waals surface area contributed by atoms with E-state index < -0.39 is 0 Å². The quantitative estimate of drug-likeness (QED) is 0.598. The van der Waals surface area contributed by atoms with Gasteiger partial charge in [0.15, 0.2) is 10.9 Å². The fraction of sp³-hybridized carbons (Fsp3) is 0.636. The predicted molar refractivity (Wildman–Crippen MR) is 64.9 cm³/mol. The molecule has 0 aliphatic heterocycles. The number of anilines is 1. The van der Waals surface area contributed by atoms with Gasteiger partial charge in [-0.1, -0.05) is 31.1 Å². The van der Waals surface area contributed by atoms with Gasteiger partial charge in [-0.15, -0.1) is 0 Å². The molecule has 0 saturated heterocycles. The molecule has 1 aromatic rings. The maximum Gasteiger partial charge on any atom is 0.183 e. The van der Waals surface area contributed by atoms with Crippen LogP contribution in [0.25, 0.3) is 0 Å². The molecule has 3 nitrogen and oxygen atoms in total. The fourth-order valence-corrected chi connectivity index (χ4v) is 2.26. The summed E-state index contributed by atoms with van der Waals surface area (Å²) >= 11 is 1.45. The van der Waals surface area contributed by atoms with Gasteiger partial charge in [0.2, 0.25) is 0 Å². The highest BCUT2D eigenvalue weighted by molar-refractivity contribution is 7.17. The Balaban J connectivity index is 2.48. The third kappa shape index (κ3) is 3.63. The lowest BCUT2D eigenvalue weighted by atomic mass is 10.2. The van der Waals surface area contributed by atoms with E-state index in [0.717, 1.165) is 28.7 Å². The van der Waals surface area contributed by atoms with Crippen LogP contribution in [0.1, 0.15) is 48.5 Å². The SMILES string of the molecule is CCCCCNc1nc(C)c(C(C)=O)s1. The van der Waals surface area contributed by atoms with E-state index in [-0.39, 0.29) is 5.78 Å². The van der Waals surface area contributed by atoms with E-state index in [1.807, 2.05) is 6.92 Å². The Bertz CT molecular complexity index is 333. The number of thiazole rings is 1. The molecule has 0 saturated carbocycles. The van der Waals surface area contributed by atoms with Crippen molar-refractivity contribution in [3.63, 3.8) is 0 Å². The van der Waals surface area contributed by atoms with Crippen molar-refractivity contribution >= 4 is 22.3 Å². The molecule has 0 fully saturated rings.